The summed E-state index contributed by atoms with van der Waals surface area (Å²) in [5.41, 5.74) is 5.61. The molecule has 0 bridgehead atoms. The van der Waals surface area contributed by atoms with Gasteiger partial charge in [-0.1, -0.05) is 41.9 Å². The lowest BCUT2D eigenvalue weighted by Gasteiger charge is -2.04. The van der Waals surface area contributed by atoms with Crippen molar-refractivity contribution in [2.24, 2.45) is 0 Å². The Kier molecular flexibility index (Phi) is 6.59. The number of hydrogen-bond donors (Lipinski definition) is 2. The number of nitrogens with one attached hydrogen (secondary N) is 1. The first-order valence-corrected chi connectivity index (χ1v) is 7.81. The van der Waals surface area contributed by atoms with Crippen LogP contribution in [0.15, 0.2) is 54.6 Å². The van der Waals surface area contributed by atoms with Crippen LogP contribution in [-0.4, -0.2) is 15.0 Å². The van der Waals surface area contributed by atoms with Crippen LogP contribution in [-0.2, 0) is 6.18 Å². The quantitative estimate of drug-likeness (QED) is 0.616. The first kappa shape index (κ1) is 19.7. The smallest absolute Gasteiger partial charge is 0.368 e. The van der Waals surface area contributed by atoms with E-state index in [-0.39, 0.29) is 11.2 Å². The molecule has 3 aromatic rings. The lowest BCUT2D eigenvalue weighted by atomic mass is 10.2. The molecule has 136 valence electrons. The van der Waals surface area contributed by atoms with E-state index >= 15 is 0 Å². The van der Waals surface area contributed by atoms with Gasteiger partial charge in [-0.2, -0.15) is 28.1 Å². The molecule has 0 radical (unpaired) electrons. The third-order valence-corrected chi connectivity index (χ3v) is 3.25. The Hall–Kier alpha value is -2.58. The molecular formula is C16H12Cl2F3N5. The molecule has 0 aliphatic rings. The maximum absolute atomic E-state index is 11.8. The number of benzene rings is 2. The van der Waals surface area contributed by atoms with Crippen LogP contribution in [0.25, 0.3) is 0 Å². The van der Waals surface area contributed by atoms with Crippen LogP contribution in [0.2, 0.25) is 10.3 Å². The minimum atomic E-state index is -4.21. The Balaban J connectivity index is 0.000000209. The molecule has 0 aliphatic carbocycles. The molecule has 26 heavy (non-hydrogen) atoms. The summed E-state index contributed by atoms with van der Waals surface area (Å²) in [4.78, 5) is 11.4. The fourth-order valence-electron chi connectivity index (χ4n) is 1.71. The molecule has 0 unspecified atom stereocenters. The van der Waals surface area contributed by atoms with Crippen LogP contribution in [0.5, 0.6) is 0 Å². The summed E-state index contributed by atoms with van der Waals surface area (Å²) in [6, 6.07) is 13.4. The van der Waals surface area contributed by atoms with Crippen molar-refractivity contribution < 1.29 is 13.2 Å². The Morgan fingerprint density at radius 2 is 1.46 bits per heavy atom. The van der Waals surface area contributed by atoms with Crippen molar-refractivity contribution in [3.8, 4) is 0 Å². The van der Waals surface area contributed by atoms with E-state index in [9.17, 15) is 13.2 Å². The van der Waals surface area contributed by atoms with E-state index in [0.29, 0.717) is 11.0 Å². The molecule has 0 aliphatic heterocycles. The van der Waals surface area contributed by atoms with Crippen molar-refractivity contribution in [3.05, 3.63) is 70.5 Å². The number of anilines is 3. The van der Waals surface area contributed by atoms with Crippen LogP contribution in [0, 0.1) is 0 Å². The van der Waals surface area contributed by atoms with Gasteiger partial charge in [0.15, 0.2) is 0 Å². The van der Waals surface area contributed by atoms with Gasteiger partial charge in [0.25, 0.3) is 0 Å². The highest BCUT2D eigenvalue weighted by Crippen LogP contribution is 2.28. The van der Waals surface area contributed by atoms with E-state index in [1.807, 2.05) is 0 Å². The molecule has 1 heterocycles. The van der Waals surface area contributed by atoms with Gasteiger partial charge in [-0.15, -0.1) is 0 Å². The molecule has 3 rings (SSSR count). The minimum Gasteiger partial charge on any atom is -0.368 e. The predicted molar refractivity (Wildman–Crippen MR) is 95.4 cm³/mol. The summed E-state index contributed by atoms with van der Waals surface area (Å²) < 4.78 is 35.4. The Bertz CT molecular complexity index is 823. The molecule has 0 atom stereocenters. The van der Waals surface area contributed by atoms with Crippen molar-refractivity contribution in [2.45, 2.75) is 6.18 Å². The van der Waals surface area contributed by atoms with Crippen molar-refractivity contribution in [2.75, 3.05) is 11.1 Å². The fraction of sp³-hybridized carbons (Fsp3) is 0.0625. The van der Waals surface area contributed by atoms with Crippen molar-refractivity contribution in [3.63, 3.8) is 0 Å². The summed E-state index contributed by atoms with van der Waals surface area (Å²) in [6.07, 6.45) is -4.21. The van der Waals surface area contributed by atoms with Crippen molar-refractivity contribution >= 4 is 40.8 Å². The molecule has 0 amide bonds. The van der Waals surface area contributed by atoms with Gasteiger partial charge >= 0.3 is 6.18 Å². The van der Waals surface area contributed by atoms with E-state index in [4.69, 9.17) is 28.9 Å². The number of halogens is 5. The molecule has 0 saturated carbocycles. The van der Waals surface area contributed by atoms with Crippen LogP contribution in [0.1, 0.15) is 5.56 Å². The molecule has 1 aromatic heterocycles. The highest BCUT2D eigenvalue weighted by atomic mass is 35.5. The van der Waals surface area contributed by atoms with Gasteiger partial charge in [0.05, 0.1) is 5.56 Å². The molecule has 3 N–H and O–H groups in total. The van der Waals surface area contributed by atoms with Crippen LogP contribution in [0.4, 0.5) is 30.8 Å². The monoisotopic (exact) mass is 401 g/mol. The second-order valence-corrected chi connectivity index (χ2v) is 5.56. The summed E-state index contributed by atoms with van der Waals surface area (Å²) in [6.45, 7) is 0. The number of rotatable bonds is 2. The summed E-state index contributed by atoms with van der Waals surface area (Å²) in [5.74, 6) is 0.358. The normalized spacial score (nSPS) is 10.7. The topological polar surface area (TPSA) is 76.7 Å². The van der Waals surface area contributed by atoms with E-state index in [1.54, 1.807) is 30.3 Å². The van der Waals surface area contributed by atoms with Crippen molar-refractivity contribution in [1.29, 1.82) is 0 Å². The highest BCUT2D eigenvalue weighted by Gasteiger charge is 2.29. The first-order valence-electron chi connectivity index (χ1n) is 7.06. The fourth-order valence-corrected chi connectivity index (χ4v) is 2.00. The number of nitrogens with zero attached hydrogens (tertiary/aromatic N) is 3. The summed E-state index contributed by atoms with van der Waals surface area (Å²) in [5, 5.41) is 3.62. The van der Waals surface area contributed by atoms with Gasteiger partial charge in [0.2, 0.25) is 17.2 Å². The second-order valence-electron chi connectivity index (χ2n) is 4.78. The van der Waals surface area contributed by atoms with Gasteiger partial charge in [0, 0.05) is 10.7 Å². The zero-order valence-electron chi connectivity index (χ0n) is 13.0. The van der Waals surface area contributed by atoms with E-state index in [2.05, 4.69) is 20.3 Å². The third-order valence-electron chi connectivity index (χ3n) is 2.83. The molecule has 0 spiro atoms. The largest absolute Gasteiger partial charge is 0.416 e. The lowest BCUT2D eigenvalue weighted by molar-refractivity contribution is -0.137. The van der Waals surface area contributed by atoms with E-state index in [1.165, 1.54) is 12.1 Å². The average Bonchev–Trinajstić information content (AvgIpc) is 2.57. The number of nitrogen functional groups attached to an aromatic ring is 1. The van der Waals surface area contributed by atoms with E-state index in [0.717, 1.165) is 17.8 Å². The van der Waals surface area contributed by atoms with Crippen molar-refractivity contribution in [1.82, 2.24) is 15.0 Å². The van der Waals surface area contributed by atoms with Crippen LogP contribution >= 0.6 is 23.2 Å². The lowest BCUT2D eigenvalue weighted by Crippen LogP contribution is -2.03. The number of aromatic nitrogens is 3. The Morgan fingerprint density at radius 3 is 1.96 bits per heavy atom. The van der Waals surface area contributed by atoms with Gasteiger partial charge in [-0.3, -0.25) is 0 Å². The highest BCUT2D eigenvalue weighted by molar-refractivity contribution is 6.30. The van der Waals surface area contributed by atoms with Gasteiger partial charge in [-0.05, 0) is 35.9 Å². The van der Waals surface area contributed by atoms with Gasteiger partial charge in [-0.25, -0.2) is 0 Å². The molecular weight excluding hydrogens is 390 g/mol. The molecule has 10 heteroatoms. The number of nitrogens with two attached hydrogens (primary N) is 1. The number of alkyl halides is 3. The predicted octanol–water partition coefficient (Wildman–Crippen LogP) is 5.21. The van der Waals surface area contributed by atoms with Gasteiger partial charge in [0.1, 0.15) is 0 Å². The first-order chi connectivity index (χ1) is 12.2. The molecule has 0 fully saturated rings. The molecule has 5 nitrogen and oxygen atoms in total. The van der Waals surface area contributed by atoms with E-state index < -0.39 is 11.7 Å². The molecule has 2 aromatic carbocycles. The Morgan fingerprint density at radius 1 is 0.846 bits per heavy atom. The average molecular weight is 402 g/mol. The van der Waals surface area contributed by atoms with Gasteiger partial charge < -0.3 is 11.1 Å². The zero-order valence-corrected chi connectivity index (χ0v) is 14.5. The Labute approximate surface area is 157 Å². The van der Waals surface area contributed by atoms with Crippen LogP contribution in [0.3, 0.4) is 0 Å². The maximum atomic E-state index is 11.8. The summed E-state index contributed by atoms with van der Waals surface area (Å²) in [7, 11) is 0. The maximum Gasteiger partial charge on any atom is 0.416 e. The summed E-state index contributed by atoms with van der Waals surface area (Å²) >= 11 is 11.4. The SMILES string of the molecule is FC(F)(F)c1ccccc1.Nc1nc(Cl)nc(Nc2ccc(Cl)cc2)n1. The second kappa shape index (κ2) is 8.68. The standard InChI is InChI=1S/C9H7Cl2N5.C7H5F3/c10-5-1-3-6(4-2-5)13-9-15-7(11)14-8(12)16-9;8-7(9,10)6-4-2-1-3-5-6/h1-4H,(H3,12,13,14,15,16);1-5H. The number of hydrogen-bond acceptors (Lipinski definition) is 5. The zero-order chi connectivity index (χ0) is 19.2. The minimum absolute atomic E-state index is 0.0453. The van der Waals surface area contributed by atoms with Crippen LogP contribution < -0.4 is 11.1 Å². The third kappa shape index (κ3) is 6.38. The molecule has 0 saturated heterocycles.